The maximum Gasteiger partial charge on any atom is 0.254 e. The van der Waals surface area contributed by atoms with Crippen LogP contribution in [0, 0.1) is 6.92 Å². The summed E-state index contributed by atoms with van der Waals surface area (Å²) in [6, 6.07) is 13.6. The molecule has 0 bridgehead atoms. The minimum Gasteiger partial charge on any atom is -0.330 e. The van der Waals surface area contributed by atoms with Gasteiger partial charge in [0.1, 0.15) is 0 Å². The van der Waals surface area contributed by atoms with Gasteiger partial charge in [0, 0.05) is 18.3 Å². The Hall–Kier alpha value is -2.16. The topological polar surface area (TPSA) is 33.2 Å². The Kier molecular flexibility index (Phi) is 3.50. The zero-order valence-corrected chi connectivity index (χ0v) is 11.6. The Morgan fingerprint density at radius 2 is 2.00 bits per heavy atom. The Balaban J connectivity index is 1.90. The smallest absolute Gasteiger partial charge is 0.254 e. The van der Waals surface area contributed by atoms with Crippen LogP contribution in [0.3, 0.4) is 0 Å². The van der Waals surface area contributed by atoms with Crippen LogP contribution in [0.1, 0.15) is 40.5 Å². The van der Waals surface area contributed by atoms with Gasteiger partial charge in [-0.3, -0.25) is 9.78 Å². The van der Waals surface area contributed by atoms with Crippen LogP contribution >= 0.6 is 0 Å². The average molecular weight is 266 g/mol. The third kappa shape index (κ3) is 2.31. The number of benzene rings is 1. The van der Waals surface area contributed by atoms with Gasteiger partial charge in [-0.15, -0.1) is 0 Å². The molecule has 3 heteroatoms. The van der Waals surface area contributed by atoms with Gasteiger partial charge in [0.2, 0.25) is 0 Å². The van der Waals surface area contributed by atoms with Crippen LogP contribution in [0.5, 0.6) is 0 Å². The van der Waals surface area contributed by atoms with Crippen LogP contribution in [0.15, 0.2) is 48.7 Å². The van der Waals surface area contributed by atoms with Crippen molar-refractivity contribution in [3.63, 3.8) is 0 Å². The van der Waals surface area contributed by atoms with Crippen LogP contribution in [0.4, 0.5) is 0 Å². The second kappa shape index (κ2) is 5.45. The number of amides is 1. The molecule has 1 aromatic carbocycles. The Labute approximate surface area is 119 Å². The van der Waals surface area contributed by atoms with Crippen molar-refractivity contribution < 1.29 is 4.79 Å². The normalized spacial score (nSPS) is 18.2. The van der Waals surface area contributed by atoms with E-state index in [1.807, 2.05) is 47.5 Å². The van der Waals surface area contributed by atoms with Gasteiger partial charge in [-0.1, -0.05) is 24.3 Å². The number of aryl methyl sites for hydroxylation is 1. The molecule has 1 atom stereocenters. The number of pyridine rings is 1. The van der Waals surface area contributed by atoms with Crippen molar-refractivity contribution in [3.05, 3.63) is 65.5 Å². The van der Waals surface area contributed by atoms with Gasteiger partial charge >= 0.3 is 0 Å². The monoisotopic (exact) mass is 266 g/mol. The maximum atomic E-state index is 12.6. The highest BCUT2D eigenvalue weighted by atomic mass is 16.2. The summed E-state index contributed by atoms with van der Waals surface area (Å²) in [5, 5.41) is 0. The minimum atomic E-state index is 0.109. The number of hydrogen-bond acceptors (Lipinski definition) is 2. The van der Waals surface area contributed by atoms with Gasteiger partial charge in [-0.05, 0) is 43.5 Å². The van der Waals surface area contributed by atoms with E-state index in [9.17, 15) is 4.79 Å². The van der Waals surface area contributed by atoms with E-state index in [0.29, 0.717) is 0 Å². The molecule has 1 fully saturated rings. The second-order valence-corrected chi connectivity index (χ2v) is 5.23. The van der Waals surface area contributed by atoms with Crippen molar-refractivity contribution in [1.82, 2.24) is 9.88 Å². The van der Waals surface area contributed by atoms with Crippen LogP contribution in [-0.2, 0) is 0 Å². The number of aromatic nitrogens is 1. The first kappa shape index (κ1) is 12.9. The summed E-state index contributed by atoms with van der Waals surface area (Å²) in [7, 11) is 0. The predicted molar refractivity (Wildman–Crippen MR) is 78.4 cm³/mol. The van der Waals surface area contributed by atoms with Crippen molar-refractivity contribution in [2.45, 2.75) is 25.8 Å². The summed E-state index contributed by atoms with van der Waals surface area (Å²) in [5.41, 5.74) is 2.95. The van der Waals surface area contributed by atoms with Gasteiger partial charge in [0.05, 0.1) is 11.7 Å². The van der Waals surface area contributed by atoms with E-state index in [-0.39, 0.29) is 11.9 Å². The molecule has 1 aliphatic heterocycles. The van der Waals surface area contributed by atoms with E-state index < -0.39 is 0 Å². The van der Waals surface area contributed by atoms with Crippen molar-refractivity contribution >= 4 is 5.91 Å². The lowest BCUT2D eigenvalue weighted by molar-refractivity contribution is 0.0732. The number of rotatable bonds is 2. The lowest BCUT2D eigenvalue weighted by Crippen LogP contribution is -2.31. The highest BCUT2D eigenvalue weighted by Crippen LogP contribution is 2.33. The Morgan fingerprint density at radius 1 is 1.20 bits per heavy atom. The average Bonchev–Trinajstić information content (AvgIpc) is 2.97. The third-order valence-corrected chi connectivity index (χ3v) is 3.90. The highest BCUT2D eigenvalue weighted by molar-refractivity contribution is 5.94. The lowest BCUT2D eigenvalue weighted by atomic mass is 10.1. The first-order valence-corrected chi connectivity index (χ1v) is 7.05. The van der Waals surface area contributed by atoms with E-state index in [2.05, 4.69) is 18.0 Å². The van der Waals surface area contributed by atoms with Crippen molar-refractivity contribution in [1.29, 1.82) is 0 Å². The molecule has 0 N–H and O–H groups in total. The molecule has 3 rings (SSSR count). The summed E-state index contributed by atoms with van der Waals surface area (Å²) in [4.78, 5) is 19.1. The van der Waals surface area contributed by atoms with E-state index in [1.165, 1.54) is 0 Å². The highest BCUT2D eigenvalue weighted by Gasteiger charge is 2.32. The van der Waals surface area contributed by atoms with E-state index in [4.69, 9.17) is 0 Å². The van der Waals surface area contributed by atoms with Gasteiger partial charge in [-0.2, -0.15) is 0 Å². The van der Waals surface area contributed by atoms with Gasteiger partial charge in [0.15, 0.2) is 0 Å². The number of nitrogens with zero attached hydrogens (tertiary/aromatic N) is 2. The fourth-order valence-electron chi connectivity index (χ4n) is 2.89. The zero-order valence-electron chi connectivity index (χ0n) is 11.6. The molecule has 1 amide bonds. The predicted octanol–water partition coefficient (Wildman–Crippen LogP) is 3.37. The standard InChI is InChI=1S/C17H18N2O/c1-13-7-5-11-18-16(13)15-10-6-12-19(15)17(20)14-8-3-2-4-9-14/h2-5,7-9,11,15H,6,10,12H2,1H3/t15-/m0/s1. The fraction of sp³-hybridized carbons (Fsp3) is 0.294. The van der Waals surface area contributed by atoms with Gasteiger partial charge < -0.3 is 4.90 Å². The lowest BCUT2D eigenvalue weighted by Gasteiger charge is -2.25. The summed E-state index contributed by atoms with van der Waals surface area (Å²) in [6.45, 7) is 2.88. The molecular weight excluding hydrogens is 248 g/mol. The molecule has 0 spiro atoms. The third-order valence-electron chi connectivity index (χ3n) is 3.90. The van der Waals surface area contributed by atoms with Crippen molar-refractivity contribution in [2.24, 2.45) is 0 Å². The SMILES string of the molecule is Cc1cccnc1[C@@H]1CCCN1C(=O)c1ccccc1. The molecular formula is C17H18N2O. The Morgan fingerprint density at radius 3 is 2.75 bits per heavy atom. The van der Waals surface area contributed by atoms with Gasteiger partial charge in [-0.25, -0.2) is 0 Å². The molecule has 1 saturated heterocycles. The quantitative estimate of drug-likeness (QED) is 0.835. The summed E-state index contributed by atoms with van der Waals surface area (Å²) < 4.78 is 0. The number of likely N-dealkylation sites (tertiary alicyclic amines) is 1. The van der Waals surface area contributed by atoms with E-state index in [1.54, 1.807) is 0 Å². The molecule has 2 aromatic rings. The number of carbonyl (C=O) groups is 1. The van der Waals surface area contributed by atoms with Crippen LogP contribution < -0.4 is 0 Å². The molecule has 20 heavy (non-hydrogen) atoms. The van der Waals surface area contributed by atoms with Crippen molar-refractivity contribution in [2.75, 3.05) is 6.54 Å². The van der Waals surface area contributed by atoms with Crippen molar-refractivity contribution in [3.8, 4) is 0 Å². The fourth-order valence-corrected chi connectivity index (χ4v) is 2.89. The summed E-state index contributed by atoms with van der Waals surface area (Å²) >= 11 is 0. The summed E-state index contributed by atoms with van der Waals surface area (Å²) in [5.74, 6) is 0.109. The minimum absolute atomic E-state index is 0.109. The Bertz CT molecular complexity index is 609. The molecule has 1 aliphatic rings. The second-order valence-electron chi connectivity index (χ2n) is 5.23. The molecule has 0 unspecified atom stereocenters. The van der Waals surface area contributed by atoms with Crippen LogP contribution in [0.2, 0.25) is 0 Å². The van der Waals surface area contributed by atoms with E-state index >= 15 is 0 Å². The molecule has 0 saturated carbocycles. The molecule has 2 heterocycles. The van der Waals surface area contributed by atoms with E-state index in [0.717, 1.165) is 36.2 Å². The molecule has 3 nitrogen and oxygen atoms in total. The summed E-state index contributed by atoms with van der Waals surface area (Å²) in [6.07, 6.45) is 3.85. The zero-order chi connectivity index (χ0) is 13.9. The largest absolute Gasteiger partial charge is 0.330 e. The first-order chi connectivity index (χ1) is 9.77. The first-order valence-electron chi connectivity index (χ1n) is 7.05. The van der Waals surface area contributed by atoms with Crippen LogP contribution in [-0.4, -0.2) is 22.3 Å². The van der Waals surface area contributed by atoms with Gasteiger partial charge in [0.25, 0.3) is 5.91 Å². The maximum absolute atomic E-state index is 12.6. The molecule has 0 radical (unpaired) electrons. The van der Waals surface area contributed by atoms with Crippen LogP contribution in [0.25, 0.3) is 0 Å². The molecule has 0 aliphatic carbocycles. The number of carbonyl (C=O) groups excluding carboxylic acids is 1. The molecule has 1 aromatic heterocycles. The number of hydrogen-bond donors (Lipinski definition) is 0. The molecule has 102 valence electrons.